The summed E-state index contributed by atoms with van der Waals surface area (Å²) in [6, 6.07) is 3.69. The zero-order valence-electron chi connectivity index (χ0n) is 7.51. The first-order valence-corrected chi connectivity index (χ1v) is 5.08. The van der Waals surface area contributed by atoms with Gasteiger partial charge in [0.2, 0.25) is 0 Å². The van der Waals surface area contributed by atoms with Crippen LogP contribution < -0.4 is 4.74 Å². The van der Waals surface area contributed by atoms with Crippen LogP contribution in [0.25, 0.3) is 5.82 Å². The minimum atomic E-state index is 0.706. The summed E-state index contributed by atoms with van der Waals surface area (Å²) in [5.74, 6) is 1.42. The Balaban J connectivity index is 2.50. The van der Waals surface area contributed by atoms with Crippen LogP contribution in [0.1, 0.15) is 0 Å². The lowest BCUT2D eigenvalue weighted by molar-refractivity contribution is 0.409. The van der Waals surface area contributed by atoms with Crippen molar-refractivity contribution in [1.82, 2.24) is 14.8 Å². The molecule has 5 heteroatoms. The average Bonchev–Trinajstić information content (AvgIpc) is 2.65. The molecule has 0 spiro atoms. The second kappa shape index (κ2) is 3.95. The lowest BCUT2D eigenvalue weighted by atomic mass is 10.4. The molecule has 0 radical (unpaired) electrons. The van der Waals surface area contributed by atoms with Crippen molar-refractivity contribution < 1.29 is 4.74 Å². The van der Waals surface area contributed by atoms with Crippen molar-refractivity contribution >= 4 is 22.6 Å². The Kier molecular flexibility index (Phi) is 2.67. The lowest BCUT2D eigenvalue weighted by Crippen LogP contribution is -2.00. The molecule has 0 atom stereocenters. The monoisotopic (exact) mass is 301 g/mol. The summed E-state index contributed by atoms with van der Waals surface area (Å²) in [7, 11) is 1.62. The van der Waals surface area contributed by atoms with Crippen molar-refractivity contribution in [1.29, 1.82) is 0 Å². The molecule has 0 N–H and O–H groups in total. The van der Waals surface area contributed by atoms with Crippen molar-refractivity contribution in [3.05, 3.63) is 34.3 Å². The molecule has 2 rings (SSSR count). The highest BCUT2D eigenvalue weighted by molar-refractivity contribution is 14.1. The van der Waals surface area contributed by atoms with Crippen LogP contribution in [0, 0.1) is 3.57 Å². The maximum absolute atomic E-state index is 5.18. The molecular weight excluding hydrogens is 293 g/mol. The fraction of sp³-hybridized carbons (Fsp3) is 0.111. The fourth-order valence-corrected chi connectivity index (χ4v) is 1.52. The molecule has 0 fully saturated rings. The number of rotatable bonds is 2. The normalized spacial score (nSPS) is 10.1. The summed E-state index contributed by atoms with van der Waals surface area (Å²) in [5, 5.41) is 4.16. The first-order valence-electron chi connectivity index (χ1n) is 4.01. The molecule has 14 heavy (non-hydrogen) atoms. The van der Waals surface area contributed by atoms with Crippen LogP contribution in [0.2, 0.25) is 0 Å². The summed E-state index contributed by atoms with van der Waals surface area (Å²) in [5.41, 5.74) is 0. The van der Waals surface area contributed by atoms with Crippen LogP contribution >= 0.6 is 22.6 Å². The van der Waals surface area contributed by atoms with Gasteiger partial charge in [-0.2, -0.15) is 5.10 Å². The molecule has 0 saturated carbocycles. The van der Waals surface area contributed by atoms with Crippen LogP contribution in [-0.2, 0) is 0 Å². The van der Waals surface area contributed by atoms with Gasteiger partial charge < -0.3 is 4.74 Å². The molecule has 0 aromatic carbocycles. The van der Waals surface area contributed by atoms with E-state index in [9.17, 15) is 0 Å². The van der Waals surface area contributed by atoms with E-state index in [1.807, 2.05) is 18.3 Å². The molecule has 0 unspecified atom stereocenters. The van der Waals surface area contributed by atoms with E-state index in [0.29, 0.717) is 11.6 Å². The number of nitrogens with zero attached hydrogens (tertiary/aromatic N) is 3. The molecular formula is C9H8IN3O. The third kappa shape index (κ3) is 1.72. The largest absolute Gasteiger partial charge is 0.493 e. The molecule has 0 aliphatic heterocycles. The molecule has 2 aromatic rings. The van der Waals surface area contributed by atoms with Crippen molar-refractivity contribution in [3.8, 4) is 11.6 Å². The van der Waals surface area contributed by atoms with Gasteiger partial charge in [0.15, 0.2) is 11.6 Å². The zero-order valence-corrected chi connectivity index (χ0v) is 9.67. The van der Waals surface area contributed by atoms with Crippen LogP contribution in [0.4, 0.5) is 0 Å². The van der Waals surface area contributed by atoms with E-state index in [1.165, 1.54) is 0 Å². The van der Waals surface area contributed by atoms with E-state index in [4.69, 9.17) is 4.74 Å². The Morgan fingerprint density at radius 2 is 2.36 bits per heavy atom. The predicted octanol–water partition coefficient (Wildman–Crippen LogP) is 1.88. The fourth-order valence-electron chi connectivity index (χ4n) is 1.13. The van der Waals surface area contributed by atoms with Gasteiger partial charge in [0.25, 0.3) is 0 Å². The summed E-state index contributed by atoms with van der Waals surface area (Å²) in [6.45, 7) is 0. The summed E-state index contributed by atoms with van der Waals surface area (Å²) in [4.78, 5) is 4.21. The van der Waals surface area contributed by atoms with Crippen molar-refractivity contribution in [2.24, 2.45) is 0 Å². The molecule has 0 aliphatic carbocycles. The third-order valence-corrected chi connectivity index (χ3v) is 2.30. The third-order valence-electron chi connectivity index (χ3n) is 1.74. The molecule has 0 bridgehead atoms. The van der Waals surface area contributed by atoms with Gasteiger partial charge in [0, 0.05) is 12.4 Å². The summed E-state index contributed by atoms with van der Waals surface area (Å²) in [6.07, 6.45) is 5.38. The summed E-state index contributed by atoms with van der Waals surface area (Å²) < 4.78 is 7.94. The van der Waals surface area contributed by atoms with Crippen LogP contribution in [-0.4, -0.2) is 21.9 Å². The van der Waals surface area contributed by atoms with Crippen LogP contribution in [0.3, 0.4) is 0 Å². The number of hydrogen-bond acceptors (Lipinski definition) is 3. The highest BCUT2D eigenvalue weighted by atomic mass is 127. The maximum atomic E-state index is 5.18. The Bertz CT molecular complexity index is 441. The molecule has 72 valence electrons. The van der Waals surface area contributed by atoms with E-state index < -0.39 is 0 Å². The van der Waals surface area contributed by atoms with Gasteiger partial charge >= 0.3 is 0 Å². The standard InChI is InChI=1S/C9H8IN3O/c1-14-8-3-2-4-11-9(8)13-6-7(10)5-12-13/h2-6H,1H3. The second-order valence-electron chi connectivity index (χ2n) is 2.63. The molecule has 4 nitrogen and oxygen atoms in total. The molecule has 2 heterocycles. The number of aromatic nitrogens is 3. The molecule has 2 aromatic heterocycles. The van der Waals surface area contributed by atoms with Gasteiger partial charge in [-0.25, -0.2) is 9.67 Å². The van der Waals surface area contributed by atoms with Crippen LogP contribution in [0.5, 0.6) is 5.75 Å². The van der Waals surface area contributed by atoms with Gasteiger partial charge in [0.1, 0.15) is 0 Å². The van der Waals surface area contributed by atoms with Gasteiger partial charge in [-0.15, -0.1) is 0 Å². The van der Waals surface area contributed by atoms with Gasteiger partial charge in [-0.3, -0.25) is 0 Å². The molecule has 0 saturated heterocycles. The number of pyridine rings is 1. The number of halogens is 1. The highest BCUT2D eigenvalue weighted by Crippen LogP contribution is 2.18. The maximum Gasteiger partial charge on any atom is 0.196 e. The average molecular weight is 301 g/mol. The quantitative estimate of drug-likeness (QED) is 0.795. The second-order valence-corrected chi connectivity index (χ2v) is 3.88. The van der Waals surface area contributed by atoms with E-state index in [2.05, 4.69) is 32.7 Å². The Morgan fingerprint density at radius 3 is 3.00 bits per heavy atom. The van der Waals surface area contributed by atoms with Crippen LogP contribution in [0.15, 0.2) is 30.7 Å². The topological polar surface area (TPSA) is 39.9 Å². The number of ether oxygens (including phenoxy) is 1. The highest BCUT2D eigenvalue weighted by Gasteiger charge is 2.06. The van der Waals surface area contributed by atoms with E-state index in [-0.39, 0.29) is 0 Å². The van der Waals surface area contributed by atoms with E-state index in [0.717, 1.165) is 3.57 Å². The SMILES string of the molecule is COc1cccnc1-n1cc(I)cn1. The van der Waals surface area contributed by atoms with Gasteiger partial charge in [-0.1, -0.05) is 0 Å². The first kappa shape index (κ1) is 9.45. The predicted molar refractivity (Wildman–Crippen MR) is 60.6 cm³/mol. The van der Waals surface area contributed by atoms with E-state index >= 15 is 0 Å². The van der Waals surface area contributed by atoms with E-state index in [1.54, 1.807) is 24.2 Å². The molecule has 0 amide bonds. The zero-order chi connectivity index (χ0) is 9.97. The number of methoxy groups -OCH3 is 1. The Labute approximate surface area is 95.1 Å². The molecule has 0 aliphatic rings. The Hall–Kier alpha value is -1.11. The van der Waals surface area contributed by atoms with Gasteiger partial charge in [-0.05, 0) is 34.7 Å². The van der Waals surface area contributed by atoms with Crippen molar-refractivity contribution in [2.45, 2.75) is 0 Å². The lowest BCUT2D eigenvalue weighted by Gasteiger charge is -2.05. The van der Waals surface area contributed by atoms with Crippen molar-refractivity contribution in [3.63, 3.8) is 0 Å². The minimum absolute atomic E-state index is 0.706. The smallest absolute Gasteiger partial charge is 0.196 e. The summed E-state index contributed by atoms with van der Waals surface area (Å²) >= 11 is 2.20. The number of hydrogen-bond donors (Lipinski definition) is 0. The Morgan fingerprint density at radius 1 is 1.50 bits per heavy atom. The first-order chi connectivity index (χ1) is 6.81. The van der Waals surface area contributed by atoms with Crippen molar-refractivity contribution in [2.75, 3.05) is 7.11 Å². The van der Waals surface area contributed by atoms with Gasteiger partial charge in [0.05, 0.1) is 16.9 Å². The minimum Gasteiger partial charge on any atom is -0.493 e.